The fraction of sp³-hybridized carbons (Fsp3) is 0.467. The molecule has 0 spiro atoms. The van der Waals surface area contributed by atoms with Crippen molar-refractivity contribution in [3.05, 3.63) is 35.9 Å². The number of carbonyl (C=O) groups is 2. The predicted octanol–water partition coefficient (Wildman–Crippen LogP) is 1.66. The standard InChI is InChI=1S/C15H22N2O3/c1-11(2)17(10-15(19)20)9-14(18)16-12(3)13-7-5-4-6-8-13/h4-8,11-12H,9-10H2,1-3H3,(H,16,18)(H,19,20). The van der Waals surface area contributed by atoms with Crippen LogP contribution in [0.2, 0.25) is 0 Å². The molecule has 0 aliphatic carbocycles. The van der Waals surface area contributed by atoms with Crippen LogP contribution in [0.5, 0.6) is 0 Å². The van der Waals surface area contributed by atoms with Gasteiger partial charge in [0.2, 0.25) is 5.91 Å². The summed E-state index contributed by atoms with van der Waals surface area (Å²) < 4.78 is 0. The molecule has 5 heteroatoms. The number of rotatable bonds is 7. The van der Waals surface area contributed by atoms with Crippen molar-refractivity contribution in [2.45, 2.75) is 32.9 Å². The van der Waals surface area contributed by atoms with E-state index in [1.54, 1.807) is 4.90 Å². The average Bonchev–Trinajstić information content (AvgIpc) is 2.38. The molecule has 0 saturated heterocycles. The Morgan fingerprint density at radius 3 is 2.25 bits per heavy atom. The molecule has 1 aromatic carbocycles. The van der Waals surface area contributed by atoms with E-state index in [1.807, 2.05) is 51.1 Å². The fourth-order valence-electron chi connectivity index (χ4n) is 1.89. The van der Waals surface area contributed by atoms with E-state index < -0.39 is 5.97 Å². The number of aliphatic carboxylic acids is 1. The maximum atomic E-state index is 12.0. The molecule has 1 amide bonds. The highest BCUT2D eigenvalue weighted by Gasteiger charge is 2.18. The molecule has 0 aliphatic rings. The van der Waals surface area contributed by atoms with Crippen LogP contribution in [-0.2, 0) is 9.59 Å². The molecule has 110 valence electrons. The van der Waals surface area contributed by atoms with Crippen molar-refractivity contribution >= 4 is 11.9 Å². The Kier molecular flexibility index (Phi) is 6.18. The lowest BCUT2D eigenvalue weighted by atomic mass is 10.1. The molecule has 1 atom stereocenters. The van der Waals surface area contributed by atoms with E-state index in [-0.39, 0.29) is 31.1 Å². The monoisotopic (exact) mass is 278 g/mol. The Hall–Kier alpha value is -1.88. The summed E-state index contributed by atoms with van der Waals surface area (Å²) in [6.45, 7) is 5.60. The van der Waals surface area contributed by atoms with E-state index in [0.29, 0.717) is 0 Å². The molecule has 1 aromatic rings. The van der Waals surface area contributed by atoms with Crippen LogP contribution in [0.3, 0.4) is 0 Å². The zero-order valence-corrected chi connectivity index (χ0v) is 12.2. The Balaban J connectivity index is 2.55. The van der Waals surface area contributed by atoms with Crippen LogP contribution in [-0.4, -0.2) is 41.0 Å². The molecule has 0 fully saturated rings. The van der Waals surface area contributed by atoms with Gasteiger partial charge in [0.25, 0.3) is 0 Å². The highest BCUT2D eigenvalue weighted by molar-refractivity contribution is 5.79. The largest absolute Gasteiger partial charge is 0.480 e. The van der Waals surface area contributed by atoms with Gasteiger partial charge in [-0.3, -0.25) is 14.5 Å². The first-order valence-corrected chi connectivity index (χ1v) is 6.70. The zero-order valence-electron chi connectivity index (χ0n) is 12.2. The van der Waals surface area contributed by atoms with E-state index >= 15 is 0 Å². The van der Waals surface area contributed by atoms with Crippen molar-refractivity contribution in [2.75, 3.05) is 13.1 Å². The van der Waals surface area contributed by atoms with Crippen molar-refractivity contribution in [1.29, 1.82) is 0 Å². The van der Waals surface area contributed by atoms with Gasteiger partial charge in [0.05, 0.1) is 19.1 Å². The van der Waals surface area contributed by atoms with E-state index in [0.717, 1.165) is 5.56 Å². The van der Waals surface area contributed by atoms with Crippen LogP contribution in [0.15, 0.2) is 30.3 Å². The molecule has 0 radical (unpaired) electrons. The van der Waals surface area contributed by atoms with Crippen LogP contribution in [0.25, 0.3) is 0 Å². The smallest absolute Gasteiger partial charge is 0.317 e. The Bertz CT molecular complexity index is 446. The lowest BCUT2D eigenvalue weighted by molar-refractivity contribution is -0.139. The predicted molar refractivity (Wildman–Crippen MR) is 77.3 cm³/mol. The molecule has 2 N–H and O–H groups in total. The molecular formula is C15H22N2O3. The fourth-order valence-corrected chi connectivity index (χ4v) is 1.89. The van der Waals surface area contributed by atoms with Gasteiger partial charge in [0.15, 0.2) is 0 Å². The Morgan fingerprint density at radius 2 is 1.75 bits per heavy atom. The van der Waals surface area contributed by atoms with E-state index in [4.69, 9.17) is 5.11 Å². The lowest BCUT2D eigenvalue weighted by Gasteiger charge is -2.24. The van der Waals surface area contributed by atoms with Gasteiger partial charge in [-0.2, -0.15) is 0 Å². The summed E-state index contributed by atoms with van der Waals surface area (Å²) in [5.41, 5.74) is 1.02. The third kappa shape index (κ3) is 5.40. The van der Waals surface area contributed by atoms with Crippen LogP contribution < -0.4 is 5.32 Å². The van der Waals surface area contributed by atoms with Crippen molar-refractivity contribution in [3.8, 4) is 0 Å². The van der Waals surface area contributed by atoms with Crippen molar-refractivity contribution in [2.24, 2.45) is 0 Å². The number of hydrogen-bond acceptors (Lipinski definition) is 3. The minimum absolute atomic E-state index is 0.00359. The van der Waals surface area contributed by atoms with Crippen molar-refractivity contribution in [1.82, 2.24) is 10.2 Å². The summed E-state index contributed by atoms with van der Waals surface area (Å²) >= 11 is 0. The van der Waals surface area contributed by atoms with Crippen LogP contribution in [0, 0.1) is 0 Å². The molecule has 0 saturated carbocycles. The van der Waals surface area contributed by atoms with Crippen molar-refractivity contribution in [3.63, 3.8) is 0 Å². The normalized spacial score (nSPS) is 12.4. The molecule has 0 bridgehead atoms. The highest BCUT2D eigenvalue weighted by atomic mass is 16.4. The summed E-state index contributed by atoms with van der Waals surface area (Å²) in [7, 11) is 0. The van der Waals surface area contributed by atoms with Gasteiger partial charge < -0.3 is 10.4 Å². The minimum Gasteiger partial charge on any atom is -0.480 e. The van der Waals surface area contributed by atoms with Crippen molar-refractivity contribution < 1.29 is 14.7 Å². The first-order valence-electron chi connectivity index (χ1n) is 6.70. The number of carboxylic acid groups (broad SMARTS) is 1. The highest BCUT2D eigenvalue weighted by Crippen LogP contribution is 2.11. The Labute approximate surface area is 119 Å². The zero-order chi connectivity index (χ0) is 15.1. The third-order valence-corrected chi connectivity index (χ3v) is 3.09. The molecule has 0 aliphatic heterocycles. The minimum atomic E-state index is -0.928. The number of amides is 1. The van der Waals surface area contributed by atoms with Gasteiger partial charge >= 0.3 is 5.97 Å². The van der Waals surface area contributed by atoms with Crippen LogP contribution in [0.4, 0.5) is 0 Å². The first kappa shape index (κ1) is 16.2. The summed E-state index contributed by atoms with van der Waals surface area (Å²) in [4.78, 5) is 24.4. The molecule has 0 heterocycles. The van der Waals surface area contributed by atoms with Crippen LogP contribution in [0.1, 0.15) is 32.4 Å². The van der Waals surface area contributed by atoms with Gasteiger partial charge in [-0.1, -0.05) is 30.3 Å². The molecule has 5 nitrogen and oxygen atoms in total. The number of benzene rings is 1. The SMILES string of the molecule is CC(NC(=O)CN(CC(=O)O)C(C)C)c1ccccc1. The summed E-state index contributed by atoms with van der Waals surface area (Å²) in [6, 6.07) is 9.56. The summed E-state index contributed by atoms with van der Waals surface area (Å²) in [5, 5.41) is 11.7. The maximum absolute atomic E-state index is 12.0. The molecule has 20 heavy (non-hydrogen) atoms. The number of carbonyl (C=O) groups excluding carboxylic acids is 1. The third-order valence-electron chi connectivity index (χ3n) is 3.09. The topological polar surface area (TPSA) is 69.6 Å². The number of nitrogens with one attached hydrogen (secondary N) is 1. The summed E-state index contributed by atoms with van der Waals surface area (Å²) in [5.74, 6) is -1.10. The van der Waals surface area contributed by atoms with E-state index in [2.05, 4.69) is 5.32 Å². The molecule has 0 aromatic heterocycles. The molecular weight excluding hydrogens is 256 g/mol. The second-order valence-electron chi connectivity index (χ2n) is 5.09. The van der Waals surface area contributed by atoms with E-state index in [9.17, 15) is 9.59 Å². The van der Waals surface area contributed by atoms with Gasteiger partial charge in [0, 0.05) is 6.04 Å². The van der Waals surface area contributed by atoms with Gasteiger partial charge in [0.1, 0.15) is 0 Å². The first-order chi connectivity index (χ1) is 9.40. The molecule has 1 unspecified atom stereocenters. The number of carboxylic acids is 1. The maximum Gasteiger partial charge on any atom is 0.317 e. The quantitative estimate of drug-likeness (QED) is 0.796. The van der Waals surface area contributed by atoms with Gasteiger partial charge in [-0.25, -0.2) is 0 Å². The molecule has 1 rings (SSSR count). The number of hydrogen-bond donors (Lipinski definition) is 2. The second-order valence-corrected chi connectivity index (χ2v) is 5.09. The van der Waals surface area contributed by atoms with Crippen LogP contribution >= 0.6 is 0 Å². The van der Waals surface area contributed by atoms with E-state index in [1.165, 1.54) is 0 Å². The summed E-state index contributed by atoms with van der Waals surface area (Å²) in [6.07, 6.45) is 0. The lowest BCUT2D eigenvalue weighted by Crippen LogP contribution is -2.43. The van der Waals surface area contributed by atoms with Gasteiger partial charge in [-0.05, 0) is 26.3 Å². The average molecular weight is 278 g/mol. The second kappa shape index (κ2) is 7.65. The number of nitrogens with zero attached hydrogens (tertiary/aromatic N) is 1. The Morgan fingerprint density at radius 1 is 1.15 bits per heavy atom. The van der Waals surface area contributed by atoms with Gasteiger partial charge in [-0.15, -0.1) is 0 Å².